The van der Waals surface area contributed by atoms with Gasteiger partial charge in [-0.15, -0.1) is 5.10 Å². The van der Waals surface area contributed by atoms with Gasteiger partial charge in [0.1, 0.15) is 6.33 Å². The summed E-state index contributed by atoms with van der Waals surface area (Å²) in [4.78, 5) is 12.4. The van der Waals surface area contributed by atoms with E-state index in [1.165, 1.54) is 23.1 Å². The van der Waals surface area contributed by atoms with Gasteiger partial charge in [0, 0.05) is 5.56 Å². The molecule has 144 valence electrons. The maximum Gasteiger partial charge on any atom is 0.264 e. The molecule has 1 aromatic heterocycles. The predicted molar refractivity (Wildman–Crippen MR) is 106 cm³/mol. The second-order valence-electron chi connectivity index (χ2n) is 6.13. The number of hydrogen-bond donors (Lipinski definition) is 1. The first-order chi connectivity index (χ1) is 14.0. The van der Waals surface area contributed by atoms with Crippen LogP contribution in [0.15, 0.2) is 90.1 Å². The summed E-state index contributed by atoms with van der Waals surface area (Å²) in [7, 11) is -4.06. The molecular weight excluding hydrogens is 390 g/mol. The number of carbonyl (C=O) groups is 1. The van der Waals surface area contributed by atoms with E-state index in [1.807, 2.05) is 30.3 Å². The molecule has 0 atom stereocenters. The van der Waals surface area contributed by atoms with Crippen molar-refractivity contribution in [3.05, 3.63) is 90.8 Å². The molecule has 0 aliphatic carbocycles. The fraction of sp³-hybridized carbons (Fsp3) is 0. The van der Waals surface area contributed by atoms with Crippen LogP contribution < -0.4 is 4.72 Å². The molecule has 3 aromatic carbocycles. The van der Waals surface area contributed by atoms with E-state index in [0.29, 0.717) is 5.69 Å². The van der Waals surface area contributed by atoms with E-state index in [0.717, 1.165) is 11.1 Å². The van der Waals surface area contributed by atoms with Crippen molar-refractivity contribution in [2.75, 3.05) is 0 Å². The van der Waals surface area contributed by atoms with Crippen LogP contribution in [0.4, 0.5) is 0 Å². The first kappa shape index (κ1) is 18.5. The number of rotatable bonds is 5. The zero-order valence-electron chi connectivity index (χ0n) is 15.0. The van der Waals surface area contributed by atoms with E-state index in [4.69, 9.17) is 0 Å². The molecule has 4 aromatic rings. The summed E-state index contributed by atoms with van der Waals surface area (Å²) < 4.78 is 28.7. The van der Waals surface area contributed by atoms with Crippen LogP contribution in [-0.4, -0.2) is 34.5 Å². The Morgan fingerprint density at radius 3 is 2.28 bits per heavy atom. The van der Waals surface area contributed by atoms with E-state index in [-0.39, 0.29) is 10.5 Å². The summed E-state index contributed by atoms with van der Waals surface area (Å²) in [6.45, 7) is 0. The summed E-state index contributed by atoms with van der Waals surface area (Å²) in [5.41, 5.74) is 2.63. The van der Waals surface area contributed by atoms with Crippen LogP contribution in [0.25, 0.3) is 16.8 Å². The molecule has 8 nitrogen and oxygen atoms in total. The minimum absolute atomic E-state index is 0.0697. The highest BCUT2D eigenvalue weighted by molar-refractivity contribution is 7.90. The lowest BCUT2D eigenvalue weighted by Gasteiger charge is -2.09. The number of nitrogens with one attached hydrogen (secondary N) is 1. The highest BCUT2D eigenvalue weighted by atomic mass is 32.2. The molecule has 1 N–H and O–H groups in total. The van der Waals surface area contributed by atoms with Crippen molar-refractivity contribution in [3.63, 3.8) is 0 Å². The van der Waals surface area contributed by atoms with E-state index in [2.05, 4.69) is 20.2 Å². The molecule has 0 spiro atoms. The number of nitrogens with zero attached hydrogens (tertiary/aromatic N) is 4. The highest BCUT2D eigenvalue weighted by Crippen LogP contribution is 2.20. The number of sulfonamides is 1. The number of hydrogen-bond acceptors (Lipinski definition) is 6. The van der Waals surface area contributed by atoms with Crippen LogP contribution in [0.1, 0.15) is 10.4 Å². The van der Waals surface area contributed by atoms with Crippen LogP contribution in [-0.2, 0) is 10.0 Å². The molecule has 0 aliphatic heterocycles. The molecule has 0 radical (unpaired) electrons. The topological polar surface area (TPSA) is 107 Å². The SMILES string of the molecule is O=C(NS(=O)(=O)c1cccc(-n2cnnn2)c1)c1ccc(-c2ccccc2)cc1. The van der Waals surface area contributed by atoms with Gasteiger partial charge in [-0.2, -0.15) is 0 Å². The molecule has 0 fully saturated rings. The van der Waals surface area contributed by atoms with Crippen LogP contribution in [0.5, 0.6) is 0 Å². The van der Waals surface area contributed by atoms with Gasteiger partial charge in [-0.05, 0) is 51.9 Å². The van der Waals surface area contributed by atoms with Gasteiger partial charge in [0.15, 0.2) is 0 Å². The van der Waals surface area contributed by atoms with Crippen molar-refractivity contribution >= 4 is 15.9 Å². The molecule has 0 aliphatic rings. The van der Waals surface area contributed by atoms with Crippen LogP contribution in [0.3, 0.4) is 0 Å². The van der Waals surface area contributed by atoms with Gasteiger partial charge in [-0.1, -0.05) is 48.5 Å². The summed E-state index contributed by atoms with van der Waals surface area (Å²) in [5, 5.41) is 10.8. The molecular formula is C20H15N5O3S. The molecule has 29 heavy (non-hydrogen) atoms. The van der Waals surface area contributed by atoms with Crippen LogP contribution >= 0.6 is 0 Å². The van der Waals surface area contributed by atoms with Gasteiger partial charge in [0.25, 0.3) is 15.9 Å². The van der Waals surface area contributed by atoms with Crippen molar-refractivity contribution in [1.82, 2.24) is 24.9 Å². The predicted octanol–water partition coefficient (Wildman–Crippen LogP) is 2.45. The third kappa shape index (κ3) is 4.04. The second kappa shape index (κ2) is 7.64. The summed E-state index contributed by atoms with van der Waals surface area (Å²) in [6, 6.07) is 22.4. The molecule has 0 saturated carbocycles. The second-order valence-corrected chi connectivity index (χ2v) is 7.81. The zero-order chi connectivity index (χ0) is 20.3. The molecule has 0 bridgehead atoms. The standard InChI is InChI=1S/C20H15N5O3S/c26-20(17-11-9-16(10-12-17)15-5-2-1-3-6-15)22-29(27,28)19-8-4-7-18(13-19)25-14-21-23-24-25/h1-14H,(H,22,26). The Balaban J connectivity index is 1.54. The molecule has 1 heterocycles. The fourth-order valence-corrected chi connectivity index (χ4v) is 3.77. The maximum atomic E-state index is 12.6. The molecule has 0 saturated heterocycles. The van der Waals surface area contributed by atoms with Gasteiger partial charge in [0.2, 0.25) is 0 Å². The quantitative estimate of drug-likeness (QED) is 0.547. The van der Waals surface area contributed by atoms with Gasteiger partial charge in [-0.25, -0.2) is 17.8 Å². The Morgan fingerprint density at radius 1 is 0.862 bits per heavy atom. The van der Waals surface area contributed by atoms with Gasteiger partial charge in [0.05, 0.1) is 10.6 Å². The largest absolute Gasteiger partial charge is 0.268 e. The average molecular weight is 405 g/mol. The van der Waals surface area contributed by atoms with Gasteiger partial charge >= 0.3 is 0 Å². The molecule has 9 heteroatoms. The first-order valence-corrected chi connectivity index (χ1v) is 10.1. The van der Waals surface area contributed by atoms with Crippen molar-refractivity contribution in [1.29, 1.82) is 0 Å². The Labute approximate surface area is 166 Å². The lowest BCUT2D eigenvalue weighted by Crippen LogP contribution is -2.30. The minimum atomic E-state index is -4.06. The lowest BCUT2D eigenvalue weighted by molar-refractivity contribution is 0.0981. The van der Waals surface area contributed by atoms with Crippen molar-refractivity contribution < 1.29 is 13.2 Å². The van der Waals surface area contributed by atoms with Gasteiger partial charge in [-0.3, -0.25) is 4.79 Å². The van der Waals surface area contributed by atoms with Crippen LogP contribution in [0.2, 0.25) is 0 Å². The van der Waals surface area contributed by atoms with Crippen LogP contribution in [0, 0.1) is 0 Å². The Kier molecular flexibility index (Phi) is 4.88. The number of carbonyl (C=O) groups excluding carboxylic acids is 1. The molecule has 0 unspecified atom stereocenters. The van der Waals surface area contributed by atoms with Gasteiger partial charge < -0.3 is 0 Å². The fourth-order valence-electron chi connectivity index (χ4n) is 2.76. The van der Waals surface area contributed by atoms with E-state index in [9.17, 15) is 13.2 Å². The summed E-state index contributed by atoms with van der Waals surface area (Å²) in [6.07, 6.45) is 1.35. The van der Waals surface area contributed by atoms with Crippen molar-refractivity contribution in [3.8, 4) is 16.8 Å². The third-order valence-corrected chi connectivity index (χ3v) is 5.55. The zero-order valence-corrected chi connectivity index (χ0v) is 15.8. The van der Waals surface area contributed by atoms with E-state index >= 15 is 0 Å². The molecule has 1 amide bonds. The first-order valence-electron chi connectivity index (χ1n) is 8.59. The highest BCUT2D eigenvalue weighted by Gasteiger charge is 2.19. The van der Waals surface area contributed by atoms with E-state index in [1.54, 1.807) is 36.4 Å². The normalized spacial score (nSPS) is 11.2. The number of benzene rings is 3. The van der Waals surface area contributed by atoms with Crippen molar-refractivity contribution in [2.24, 2.45) is 0 Å². The Hall–Kier alpha value is -3.85. The lowest BCUT2D eigenvalue weighted by atomic mass is 10.0. The summed E-state index contributed by atoms with van der Waals surface area (Å²) >= 11 is 0. The third-order valence-electron chi connectivity index (χ3n) is 4.22. The summed E-state index contributed by atoms with van der Waals surface area (Å²) in [5.74, 6) is -0.711. The Bertz CT molecular complexity index is 1240. The number of aromatic nitrogens is 4. The minimum Gasteiger partial charge on any atom is -0.268 e. The number of amides is 1. The monoisotopic (exact) mass is 405 g/mol. The van der Waals surface area contributed by atoms with E-state index < -0.39 is 15.9 Å². The van der Waals surface area contributed by atoms with Crippen molar-refractivity contribution in [2.45, 2.75) is 4.90 Å². The number of tetrazole rings is 1. The molecule has 4 rings (SSSR count). The maximum absolute atomic E-state index is 12.6. The smallest absolute Gasteiger partial charge is 0.264 e. The average Bonchev–Trinajstić information content (AvgIpc) is 3.29. The Morgan fingerprint density at radius 2 is 1.59 bits per heavy atom.